The van der Waals surface area contributed by atoms with Gasteiger partial charge in [0.05, 0.1) is 16.4 Å². The number of nitrogens with zero attached hydrogens (tertiary/aromatic N) is 3. The quantitative estimate of drug-likeness (QED) is 0.351. The van der Waals surface area contributed by atoms with Crippen molar-refractivity contribution in [3.63, 3.8) is 0 Å². The van der Waals surface area contributed by atoms with E-state index in [4.69, 9.17) is 0 Å². The molecule has 4 rings (SSSR count). The molecule has 0 saturated heterocycles. The van der Waals surface area contributed by atoms with Gasteiger partial charge in [-0.05, 0) is 12.1 Å². The zero-order chi connectivity index (χ0) is 22.8. The Labute approximate surface area is 178 Å². The molecule has 0 aliphatic heterocycles. The van der Waals surface area contributed by atoms with Crippen molar-refractivity contribution in [3.05, 3.63) is 113 Å². The molecule has 0 aliphatic rings. The van der Waals surface area contributed by atoms with Gasteiger partial charge < -0.3 is 9.55 Å². The number of nitro groups is 2. The second kappa shape index (κ2) is 8.14. The summed E-state index contributed by atoms with van der Waals surface area (Å²) < 4.78 is 1.83. The van der Waals surface area contributed by atoms with Crippen molar-refractivity contribution in [2.75, 3.05) is 0 Å². The molecule has 0 aliphatic carbocycles. The highest BCUT2D eigenvalue weighted by Gasteiger charge is 2.19. The monoisotopic (exact) mass is 433 g/mol. The van der Waals surface area contributed by atoms with Crippen LogP contribution in [-0.4, -0.2) is 24.4 Å². The summed E-state index contributed by atoms with van der Waals surface area (Å²) in [5.74, 6) is 0. The molecule has 0 unspecified atom stereocenters. The van der Waals surface area contributed by atoms with Crippen LogP contribution in [0.5, 0.6) is 0 Å². The number of H-pyrrole nitrogens is 2. The van der Waals surface area contributed by atoms with E-state index in [1.54, 1.807) is 24.4 Å². The van der Waals surface area contributed by atoms with Crippen LogP contribution in [0.25, 0.3) is 23.1 Å². The SMILES string of the molecule is O=c1[nH]c(C=Cc2cn(Cc3ccccc3[N+](=O)[O-])c3ccccc23)c([N+](=O)[O-])c(=O)[nH]1. The molecule has 0 radical (unpaired) electrons. The molecule has 4 aromatic rings. The third-order valence-corrected chi connectivity index (χ3v) is 4.91. The Bertz CT molecular complexity index is 1510. The molecule has 0 amide bonds. The summed E-state index contributed by atoms with van der Waals surface area (Å²) in [4.78, 5) is 48.8. The average Bonchev–Trinajstić information content (AvgIpc) is 3.09. The fourth-order valence-electron chi connectivity index (χ4n) is 3.52. The van der Waals surface area contributed by atoms with E-state index in [2.05, 4.69) is 4.98 Å². The molecule has 32 heavy (non-hydrogen) atoms. The Hall–Kier alpha value is -4.80. The van der Waals surface area contributed by atoms with Crippen molar-refractivity contribution in [1.82, 2.24) is 14.5 Å². The molecule has 160 valence electrons. The second-order valence-corrected chi connectivity index (χ2v) is 6.88. The normalized spacial score (nSPS) is 11.2. The highest BCUT2D eigenvalue weighted by Crippen LogP contribution is 2.27. The first-order valence-electron chi connectivity index (χ1n) is 9.34. The summed E-state index contributed by atoms with van der Waals surface area (Å²) in [6.45, 7) is 0.230. The molecule has 2 heterocycles. The number of nitrogens with one attached hydrogen (secondary N) is 2. The van der Waals surface area contributed by atoms with Gasteiger partial charge in [-0.1, -0.05) is 42.5 Å². The third-order valence-electron chi connectivity index (χ3n) is 4.91. The Kier molecular flexibility index (Phi) is 5.21. The lowest BCUT2D eigenvalue weighted by atomic mass is 10.1. The first kappa shape index (κ1) is 20.5. The number of fused-ring (bicyclic) bond motifs is 1. The number of aromatic nitrogens is 3. The Morgan fingerprint density at radius 1 is 0.906 bits per heavy atom. The molecule has 0 saturated carbocycles. The minimum absolute atomic E-state index is 0.000848. The molecule has 0 fully saturated rings. The minimum Gasteiger partial charge on any atom is -0.342 e. The van der Waals surface area contributed by atoms with Crippen LogP contribution in [0.3, 0.4) is 0 Å². The van der Waals surface area contributed by atoms with Gasteiger partial charge >= 0.3 is 16.9 Å². The number of aromatic amines is 2. The van der Waals surface area contributed by atoms with Gasteiger partial charge in [0.1, 0.15) is 5.69 Å². The largest absolute Gasteiger partial charge is 0.357 e. The molecular formula is C21H15N5O6. The fourth-order valence-corrected chi connectivity index (χ4v) is 3.52. The van der Waals surface area contributed by atoms with Crippen molar-refractivity contribution in [3.8, 4) is 0 Å². The van der Waals surface area contributed by atoms with E-state index >= 15 is 0 Å². The van der Waals surface area contributed by atoms with Crippen molar-refractivity contribution in [1.29, 1.82) is 0 Å². The van der Waals surface area contributed by atoms with Gasteiger partial charge in [-0.3, -0.25) is 30.0 Å². The molecular weight excluding hydrogens is 418 g/mol. The maximum atomic E-state index is 11.8. The molecule has 2 aromatic carbocycles. The number of rotatable bonds is 6. The number of nitro benzene ring substituents is 1. The summed E-state index contributed by atoms with van der Waals surface area (Å²) in [5.41, 5.74) is -1.02. The predicted octanol–water partition coefficient (Wildman–Crippen LogP) is 3.05. The molecule has 0 spiro atoms. The van der Waals surface area contributed by atoms with E-state index in [0.29, 0.717) is 11.1 Å². The standard InChI is InChI=1S/C21H15N5O6/c27-20-19(26(31)32)16(22-21(28)23-20)10-9-13-11-24(18-8-4-2-6-15(13)18)12-14-5-1-3-7-17(14)25(29)30/h1-11H,12H2,(H2,22,23,27,28). The van der Waals surface area contributed by atoms with Crippen LogP contribution < -0.4 is 11.2 Å². The van der Waals surface area contributed by atoms with Crippen LogP contribution in [0.1, 0.15) is 16.8 Å². The van der Waals surface area contributed by atoms with Crippen molar-refractivity contribution in [2.45, 2.75) is 6.54 Å². The Morgan fingerprint density at radius 3 is 2.38 bits per heavy atom. The summed E-state index contributed by atoms with van der Waals surface area (Å²) >= 11 is 0. The molecule has 11 heteroatoms. The van der Waals surface area contributed by atoms with Crippen molar-refractivity contribution in [2.24, 2.45) is 0 Å². The lowest BCUT2D eigenvalue weighted by Crippen LogP contribution is -2.25. The van der Waals surface area contributed by atoms with Gasteiger partial charge in [-0.2, -0.15) is 0 Å². The van der Waals surface area contributed by atoms with E-state index in [1.807, 2.05) is 33.8 Å². The highest BCUT2D eigenvalue weighted by atomic mass is 16.6. The molecule has 2 N–H and O–H groups in total. The smallest absolute Gasteiger partial charge is 0.342 e. The molecule has 0 atom stereocenters. The van der Waals surface area contributed by atoms with E-state index in [9.17, 15) is 29.8 Å². The predicted molar refractivity (Wildman–Crippen MR) is 117 cm³/mol. The number of hydrogen-bond donors (Lipinski definition) is 2. The second-order valence-electron chi connectivity index (χ2n) is 6.88. The maximum absolute atomic E-state index is 11.8. The zero-order valence-corrected chi connectivity index (χ0v) is 16.3. The topological polar surface area (TPSA) is 157 Å². The average molecular weight is 433 g/mol. The Balaban J connectivity index is 1.80. The van der Waals surface area contributed by atoms with E-state index in [1.165, 1.54) is 18.2 Å². The van der Waals surface area contributed by atoms with E-state index < -0.39 is 26.8 Å². The van der Waals surface area contributed by atoms with Crippen LogP contribution >= 0.6 is 0 Å². The lowest BCUT2D eigenvalue weighted by molar-refractivity contribution is -0.386. The van der Waals surface area contributed by atoms with Crippen LogP contribution in [0.15, 0.2) is 64.3 Å². The number of hydrogen-bond acceptors (Lipinski definition) is 6. The number of para-hydroxylation sites is 2. The van der Waals surface area contributed by atoms with Crippen LogP contribution in [0.2, 0.25) is 0 Å². The van der Waals surface area contributed by atoms with Crippen LogP contribution in [0.4, 0.5) is 11.4 Å². The van der Waals surface area contributed by atoms with Gasteiger partial charge in [0.15, 0.2) is 0 Å². The van der Waals surface area contributed by atoms with Gasteiger partial charge in [0.25, 0.3) is 5.69 Å². The highest BCUT2D eigenvalue weighted by molar-refractivity contribution is 5.92. The van der Waals surface area contributed by atoms with Crippen molar-refractivity contribution >= 4 is 34.4 Å². The molecule has 2 aromatic heterocycles. The lowest BCUT2D eigenvalue weighted by Gasteiger charge is -2.06. The van der Waals surface area contributed by atoms with Crippen molar-refractivity contribution < 1.29 is 9.85 Å². The summed E-state index contributed by atoms with van der Waals surface area (Å²) in [6, 6.07) is 13.7. The molecule has 11 nitrogen and oxygen atoms in total. The summed E-state index contributed by atoms with van der Waals surface area (Å²) in [5, 5.41) is 23.4. The van der Waals surface area contributed by atoms with Gasteiger partial charge in [-0.25, -0.2) is 4.79 Å². The van der Waals surface area contributed by atoms with Crippen LogP contribution in [-0.2, 0) is 6.54 Å². The van der Waals surface area contributed by atoms with Gasteiger partial charge in [0, 0.05) is 34.3 Å². The fraction of sp³-hybridized carbons (Fsp3) is 0.0476. The number of benzene rings is 2. The maximum Gasteiger partial charge on any atom is 0.357 e. The van der Waals surface area contributed by atoms with E-state index in [0.717, 1.165) is 10.9 Å². The first-order chi connectivity index (χ1) is 15.3. The minimum atomic E-state index is -1.10. The molecule has 0 bridgehead atoms. The summed E-state index contributed by atoms with van der Waals surface area (Å²) in [6.07, 6.45) is 4.57. The zero-order valence-electron chi connectivity index (χ0n) is 16.3. The van der Waals surface area contributed by atoms with Gasteiger partial charge in [-0.15, -0.1) is 0 Å². The van der Waals surface area contributed by atoms with E-state index in [-0.39, 0.29) is 17.9 Å². The van der Waals surface area contributed by atoms with Crippen LogP contribution in [0, 0.1) is 20.2 Å². The third kappa shape index (κ3) is 3.81. The van der Waals surface area contributed by atoms with Gasteiger partial charge in [0.2, 0.25) is 0 Å². The Morgan fingerprint density at radius 2 is 1.62 bits per heavy atom. The summed E-state index contributed by atoms with van der Waals surface area (Å²) in [7, 11) is 0. The first-order valence-corrected chi connectivity index (χ1v) is 9.34.